The van der Waals surface area contributed by atoms with Crippen LogP contribution >= 0.6 is 23.1 Å². The van der Waals surface area contributed by atoms with Gasteiger partial charge in [-0.25, -0.2) is 0 Å². The summed E-state index contributed by atoms with van der Waals surface area (Å²) in [7, 11) is 0. The van der Waals surface area contributed by atoms with Crippen LogP contribution in [0.2, 0.25) is 0 Å². The first kappa shape index (κ1) is 14.0. The van der Waals surface area contributed by atoms with Crippen molar-refractivity contribution in [3.05, 3.63) is 46.2 Å². The fraction of sp³-hybridized carbons (Fsp3) is 0.312. The maximum Gasteiger partial charge on any atom is 0.233 e. The Morgan fingerprint density at radius 3 is 3.00 bits per heavy atom. The molecule has 1 atom stereocenters. The fourth-order valence-corrected chi connectivity index (χ4v) is 4.91. The number of thiophene rings is 1. The van der Waals surface area contributed by atoms with Crippen LogP contribution in [0.3, 0.4) is 0 Å². The molecule has 0 aliphatic carbocycles. The van der Waals surface area contributed by atoms with Crippen molar-refractivity contribution in [3.8, 4) is 11.5 Å². The molecule has 1 aromatic heterocycles. The van der Waals surface area contributed by atoms with Gasteiger partial charge in [-0.2, -0.15) is 0 Å². The first-order chi connectivity index (χ1) is 10.8. The van der Waals surface area contributed by atoms with E-state index < -0.39 is 0 Å². The first-order valence-electron chi connectivity index (χ1n) is 7.14. The molecule has 1 amide bonds. The highest BCUT2D eigenvalue weighted by Gasteiger charge is 2.33. The minimum Gasteiger partial charge on any atom is -0.454 e. The Bertz CT molecular complexity index is 687. The molecule has 2 aliphatic heterocycles. The van der Waals surface area contributed by atoms with Crippen LogP contribution in [0.5, 0.6) is 11.5 Å². The number of benzene rings is 1. The van der Waals surface area contributed by atoms with Crippen molar-refractivity contribution in [3.63, 3.8) is 0 Å². The van der Waals surface area contributed by atoms with Gasteiger partial charge >= 0.3 is 0 Å². The van der Waals surface area contributed by atoms with Gasteiger partial charge in [-0.15, -0.1) is 23.1 Å². The topological polar surface area (TPSA) is 38.8 Å². The molecule has 1 fully saturated rings. The third-order valence-corrected chi connectivity index (χ3v) is 6.14. The van der Waals surface area contributed by atoms with Crippen molar-refractivity contribution in [2.75, 3.05) is 19.1 Å². The van der Waals surface area contributed by atoms with Crippen LogP contribution in [0, 0.1) is 0 Å². The summed E-state index contributed by atoms with van der Waals surface area (Å²) in [6, 6.07) is 10.1. The molecule has 0 radical (unpaired) electrons. The zero-order valence-electron chi connectivity index (χ0n) is 11.9. The quantitative estimate of drug-likeness (QED) is 0.861. The summed E-state index contributed by atoms with van der Waals surface area (Å²) in [6.45, 7) is 1.02. The van der Waals surface area contributed by atoms with Crippen molar-refractivity contribution >= 4 is 29.0 Å². The number of amides is 1. The summed E-state index contributed by atoms with van der Waals surface area (Å²) in [5.74, 6) is 2.40. The Morgan fingerprint density at radius 1 is 1.23 bits per heavy atom. The van der Waals surface area contributed by atoms with Gasteiger partial charge in [0, 0.05) is 11.4 Å². The smallest absolute Gasteiger partial charge is 0.233 e. The summed E-state index contributed by atoms with van der Waals surface area (Å²) in [5.41, 5.74) is 1.17. The van der Waals surface area contributed by atoms with Crippen LogP contribution in [0.4, 0.5) is 0 Å². The lowest BCUT2D eigenvalue weighted by Gasteiger charge is -2.23. The van der Waals surface area contributed by atoms with E-state index in [2.05, 4.69) is 11.4 Å². The Labute approximate surface area is 137 Å². The molecule has 1 aromatic carbocycles. The van der Waals surface area contributed by atoms with Gasteiger partial charge in [0.1, 0.15) is 5.37 Å². The van der Waals surface area contributed by atoms with Gasteiger partial charge in [0.05, 0.1) is 5.75 Å². The van der Waals surface area contributed by atoms with Gasteiger partial charge in [0.2, 0.25) is 12.7 Å². The van der Waals surface area contributed by atoms with Gasteiger partial charge < -0.3 is 14.4 Å². The predicted molar refractivity (Wildman–Crippen MR) is 87.5 cm³/mol. The van der Waals surface area contributed by atoms with Gasteiger partial charge in [-0.1, -0.05) is 12.1 Å². The van der Waals surface area contributed by atoms with Crippen LogP contribution in [-0.4, -0.2) is 29.9 Å². The summed E-state index contributed by atoms with van der Waals surface area (Å²) in [5, 5.41) is 2.23. The van der Waals surface area contributed by atoms with Crippen LogP contribution in [0.1, 0.15) is 15.8 Å². The molecule has 6 heteroatoms. The van der Waals surface area contributed by atoms with E-state index in [0.29, 0.717) is 12.5 Å². The highest BCUT2D eigenvalue weighted by atomic mass is 32.2. The molecule has 0 N–H and O–H groups in total. The number of thioether (sulfide) groups is 1. The number of rotatable bonds is 4. The number of hydrogen-bond donors (Lipinski definition) is 0. The molecule has 0 saturated carbocycles. The second kappa shape index (κ2) is 5.85. The molecule has 1 unspecified atom stereocenters. The standard InChI is InChI=1S/C16H15NO3S2/c18-15-9-22-16(14-2-1-7-21-14)17(15)6-5-11-3-4-12-13(8-11)20-10-19-12/h1-4,7-8,16H,5-6,9-10H2. The van der Waals surface area contributed by atoms with Crippen molar-refractivity contribution in [2.24, 2.45) is 0 Å². The molecular formula is C16H15NO3S2. The Morgan fingerprint density at radius 2 is 2.14 bits per heavy atom. The maximum atomic E-state index is 12.2. The molecule has 4 nitrogen and oxygen atoms in total. The predicted octanol–water partition coefficient (Wildman–Crippen LogP) is 3.29. The van der Waals surface area contributed by atoms with E-state index in [4.69, 9.17) is 9.47 Å². The lowest BCUT2D eigenvalue weighted by atomic mass is 10.1. The van der Waals surface area contributed by atoms with Gasteiger partial charge in [-0.05, 0) is 35.6 Å². The van der Waals surface area contributed by atoms with Crippen molar-refractivity contribution in [1.82, 2.24) is 4.90 Å². The molecule has 3 heterocycles. The molecule has 1 saturated heterocycles. The Kier molecular flexibility index (Phi) is 3.72. The normalized spacial score (nSPS) is 19.9. The minimum absolute atomic E-state index is 0.168. The molecule has 0 bridgehead atoms. The van der Waals surface area contributed by atoms with E-state index >= 15 is 0 Å². The third-order valence-electron chi connectivity index (χ3n) is 3.83. The van der Waals surface area contributed by atoms with Crippen molar-refractivity contribution in [2.45, 2.75) is 11.8 Å². The van der Waals surface area contributed by atoms with E-state index in [9.17, 15) is 4.79 Å². The van der Waals surface area contributed by atoms with Gasteiger partial charge in [0.15, 0.2) is 11.5 Å². The van der Waals surface area contributed by atoms with Crippen molar-refractivity contribution < 1.29 is 14.3 Å². The second-order valence-electron chi connectivity index (χ2n) is 5.20. The second-order valence-corrected chi connectivity index (χ2v) is 7.25. The molecule has 2 aromatic rings. The average Bonchev–Trinajstić information content (AvgIpc) is 3.25. The highest BCUT2D eigenvalue weighted by Crippen LogP contribution is 2.40. The van der Waals surface area contributed by atoms with E-state index in [1.807, 2.05) is 29.2 Å². The zero-order chi connectivity index (χ0) is 14.9. The SMILES string of the molecule is O=C1CSC(c2cccs2)N1CCc1ccc2c(c1)OCO2. The zero-order valence-corrected chi connectivity index (χ0v) is 13.5. The first-order valence-corrected chi connectivity index (χ1v) is 9.07. The molecule has 22 heavy (non-hydrogen) atoms. The lowest BCUT2D eigenvalue weighted by Crippen LogP contribution is -2.30. The van der Waals surface area contributed by atoms with E-state index in [-0.39, 0.29) is 11.3 Å². The Hall–Kier alpha value is -1.66. The van der Waals surface area contributed by atoms with Crippen LogP contribution in [0.25, 0.3) is 0 Å². The van der Waals surface area contributed by atoms with E-state index in [0.717, 1.165) is 24.5 Å². The van der Waals surface area contributed by atoms with E-state index in [1.165, 1.54) is 10.4 Å². The van der Waals surface area contributed by atoms with Crippen LogP contribution in [0.15, 0.2) is 35.7 Å². The van der Waals surface area contributed by atoms with Crippen LogP contribution < -0.4 is 9.47 Å². The molecular weight excluding hydrogens is 318 g/mol. The number of ether oxygens (including phenoxy) is 2. The average molecular weight is 333 g/mol. The molecule has 4 rings (SSSR count). The lowest BCUT2D eigenvalue weighted by molar-refractivity contribution is -0.127. The monoisotopic (exact) mass is 333 g/mol. The fourth-order valence-electron chi connectivity index (χ4n) is 2.71. The number of nitrogens with zero attached hydrogens (tertiary/aromatic N) is 1. The van der Waals surface area contributed by atoms with Gasteiger partial charge in [0.25, 0.3) is 0 Å². The molecule has 0 spiro atoms. The van der Waals surface area contributed by atoms with Crippen molar-refractivity contribution in [1.29, 1.82) is 0 Å². The number of carbonyl (C=O) groups excluding carboxylic acids is 1. The van der Waals surface area contributed by atoms with Crippen LogP contribution in [-0.2, 0) is 11.2 Å². The molecule has 2 aliphatic rings. The number of hydrogen-bond acceptors (Lipinski definition) is 5. The summed E-state index contributed by atoms with van der Waals surface area (Å²) >= 11 is 3.43. The largest absolute Gasteiger partial charge is 0.454 e. The highest BCUT2D eigenvalue weighted by molar-refractivity contribution is 8.00. The summed E-state index contributed by atoms with van der Waals surface area (Å²) < 4.78 is 10.7. The number of fused-ring (bicyclic) bond motifs is 1. The van der Waals surface area contributed by atoms with E-state index in [1.54, 1.807) is 23.1 Å². The maximum absolute atomic E-state index is 12.2. The Balaban J connectivity index is 1.47. The van der Waals surface area contributed by atoms with Gasteiger partial charge in [-0.3, -0.25) is 4.79 Å². The minimum atomic E-state index is 0.168. The summed E-state index contributed by atoms with van der Waals surface area (Å²) in [6.07, 6.45) is 0.824. The number of carbonyl (C=O) groups is 1. The third kappa shape index (κ3) is 2.57. The summed E-state index contributed by atoms with van der Waals surface area (Å²) in [4.78, 5) is 15.4. The molecule has 114 valence electrons.